The molecule has 0 aliphatic carbocycles. The molecule has 1 aromatic heterocycles. The SMILES string of the molecule is CC(C)N(c1nc(Cl)nc(NCCSC(=O)Nc2ccc(F)cc2F)n1)C(C)C. The van der Waals surface area contributed by atoms with Crippen molar-refractivity contribution in [3.05, 3.63) is 35.1 Å². The fraction of sp³-hybridized carbons (Fsp3) is 0.444. The van der Waals surface area contributed by atoms with E-state index in [1.165, 1.54) is 6.07 Å². The van der Waals surface area contributed by atoms with Crippen molar-refractivity contribution in [1.29, 1.82) is 0 Å². The summed E-state index contributed by atoms with van der Waals surface area (Å²) in [6.45, 7) is 8.50. The molecule has 0 bridgehead atoms. The Labute approximate surface area is 177 Å². The van der Waals surface area contributed by atoms with Crippen LogP contribution in [0.2, 0.25) is 5.28 Å². The third kappa shape index (κ3) is 6.97. The number of aromatic nitrogens is 3. The first-order valence-electron chi connectivity index (χ1n) is 9.00. The Hall–Kier alpha value is -2.20. The monoisotopic (exact) mass is 444 g/mol. The lowest BCUT2D eigenvalue weighted by atomic mass is 10.2. The molecule has 158 valence electrons. The number of amides is 1. The minimum absolute atomic E-state index is 0.0704. The first-order chi connectivity index (χ1) is 13.7. The number of thioether (sulfide) groups is 1. The van der Waals surface area contributed by atoms with Gasteiger partial charge < -0.3 is 15.5 Å². The Morgan fingerprint density at radius 2 is 1.86 bits per heavy atom. The number of halogens is 3. The average molecular weight is 445 g/mol. The van der Waals surface area contributed by atoms with Gasteiger partial charge in [-0.3, -0.25) is 4.79 Å². The van der Waals surface area contributed by atoms with E-state index in [-0.39, 0.29) is 23.1 Å². The van der Waals surface area contributed by atoms with Gasteiger partial charge in [0, 0.05) is 30.4 Å². The second-order valence-corrected chi connectivity index (χ2v) is 8.04. The van der Waals surface area contributed by atoms with Crippen LogP contribution in [0, 0.1) is 11.6 Å². The largest absolute Gasteiger partial charge is 0.353 e. The minimum atomic E-state index is -0.829. The Kier molecular flexibility index (Phi) is 8.39. The highest BCUT2D eigenvalue weighted by molar-refractivity contribution is 8.13. The molecule has 0 saturated carbocycles. The van der Waals surface area contributed by atoms with Gasteiger partial charge in [-0.05, 0) is 51.4 Å². The number of rotatable bonds is 8. The van der Waals surface area contributed by atoms with E-state index in [1.54, 1.807) is 0 Å². The van der Waals surface area contributed by atoms with E-state index in [4.69, 9.17) is 11.6 Å². The van der Waals surface area contributed by atoms with E-state index in [0.29, 0.717) is 30.3 Å². The third-order valence-corrected chi connectivity index (χ3v) is 4.67. The summed E-state index contributed by atoms with van der Waals surface area (Å²) in [6.07, 6.45) is 0. The van der Waals surface area contributed by atoms with Crippen LogP contribution in [0.5, 0.6) is 0 Å². The molecular formula is C18H23ClF2N6OS. The topological polar surface area (TPSA) is 83.0 Å². The highest BCUT2D eigenvalue weighted by atomic mass is 35.5. The van der Waals surface area contributed by atoms with Gasteiger partial charge in [-0.2, -0.15) is 15.0 Å². The number of nitrogens with one attached hydrogen (secondary N) is 2. The van der Waals surface area contributed by atoms with E-state index in [1.807, 2.05) is 32.6 Å². The van der Waals surface area contributed by atoms with Crippen molar-refractivity contribution in [1.82, 2.24) is 15.0 Å². The zero-order valence-corrected chi connectivity index (χ0v) is 18.1. The van der Waals surface area contributed by atoms with Crippen LogP contribution in [-0.2, 0) is 0 Å². The molecule has 0 spiro atoms. The molecule has 11 heteroatoms. The Bertz CT molecular complexity index is 847. The van der Waals surface area contributed by atoms with Gasteiger partial charge >= 0.3 is 0 Å². The molecule has 1 heterocycles. The number of benzene rings is 1. The summed E-state index contributed by atoms with van der Waals surface area (Å²) in [5, 5.41) is 4.99. The lowest BCUT2D eigenvalue weighted by Gasteiger charge is -2.30. The molecule has 0 saturated heterocycles. The van der Waals surface area contributed by atoms with Crippen molar-refractivity contribution < 1.29 is 13.6 Å². The van der Waals surface area contributed by atoms with Crippen LogP contribution >= 0.6 is 23.4 Å². The molecule has 0 aliphatic heterocycles. The smallest absolute Gasteiger partial charge is 0.283 e. The van der Waals surface area contributed by atoms with E-state index in [2.05, 4.69) is 25.6 Å². The summed E-state index contributed by atoms with van der Waals surface area (Å²) in [5.41, 5.74) is -0.0757. The quantitative estimate of drug-likeness (QED) is 0.565. The highest BCUT2D eigenvalue weighted by Gasteiger charge is 2.19. The van der Waals surface area contributed by atoms with Crippen molar-refractivity contribution in [2.24, 2.45) is 0 Å². The third-order valence-electron chi connectivity index (χ3n) is 3.73. The van der Waals surface area contributed by atoms with Gasteiger partial charge in [0.15, 0.2) is 0 Å². The Balaban J connectivity index is 1.89. The second-order valence-electron chi connectivity index (χ2n) is 6.63. The van der Waals surface area contributed by atoms with Crippen molar-refractivity contribution in [3.63, 3.8) is 0 Å². The summed E-state index contributed by atoms with van der Waals surface area (Å²) < 4.78 is 26.5. The van der Waals surface area contributed by atoms with Gasteiger partial charge in [0.1, 0.15) is 11.6 Å². The lowest BCUT2D eigenvalue weighted by molar-refractivity contribution is 0.269. The molecule has 0 unspecified atom stereocenters. The summed E-state index contributed by atoms with van der Waals surface area (Å²) in [6, 6.07) is 3.30. The zero-order valence-electron chi connectivity index (χ0n) is 16.5. The number of hydrogen-bond acceptors (Lipinski definition) is 7. The molecule has 0 fully saturated rings. The zero-order chi connectivity index (χ0) is 21.6. The Morgan fingerprint density at radius 3 is 2.48 bits per heavy atom. The molecule has 7 nitrogen and oxygen atoms in total. The van der Waals surface area contributed by atoms with Crippen LogP contribution in [-0.4, -0.2) is 44.6 Å². The lowest BCUT2D eigenvalue weighted by Crippen LogP contribution is -2.38. The first-order valence-corrected chi connectivity index (χ1v) is 10.4. The van der Waals surface area contributed by atoms with Crippen molar-refractivity contribution in [2.75, 3.05) is 27.8 Å². The average Bonchev–Trinajstić information content (AvgIpc) is 2.60. The van der Waals surface area contributed by atoms with E-state index in [0.717, 1.165) is 17.8 Å². The molecular weight excluding hydrogens is 422 g/mol. The molecule has 1 amide bonds. The molecule has 2 N–H and O–H groups in total. The predicted molar refractivity (Wildman–Crippen MR) is 114 cm³/mol. The highest BCUT2D eigenvalue weighted by Crippen LogP contribution is 2.19. The number of hydrogen-bond donors (Lipinski definition) is 2. The van der Waals surface area contributed by atoms with Crippen LogP contribution in [0.4, 0.5) is 31.2 Å². The van der Waals surface area contributed by atoms with Gasteiger partial charge in [0.2, 0.25) is 17.2 Å². The van der Waals surface area contributed by atoms with Crippen LogP contribution in [0.1, 0.15) is 27.7 Å². The maximum Gasteiger partial charge on any atom is 0.283 e. The van der Waals surface area contributed by atoms with Crippen LogP contribution < -0.4 is 15.5 Å². The van der Waals surface area contributed by atoms with E-state index < -0.39 is 16.9 Å². The molecule has 1 aromatic carbocycles. The van der Waals surface area contributed by atoms with E-state index in [9.17, 15) is 13.6 Å². The van der Waals surface area contributed by atoms with Crippen molar-refractivity contribution in [3.8, 4) is 0 Å². The molecule has 0 aliphatic rings. The van der Waals surface area contributed by atoms with Crippen LogP contribution in [0.15, 0.2) is 18.2 Å². The normalized spacial score (nSPS) is 11.1. The minimum Gasteiger partial charge on any atom is -0.353 e. The first kappa shape index (κ1) is 23.1. The molecule has 2 aromatic rings. The van der Waals surface area contributed by atoms with Gasteiger partial charge in [0.05, 0.1) is 5.69 Å². The maximum absolute atomic E-state index is 13.6. The molecule has 0 radical (unpaired) electrons. The standard InChI is InChI=1S/C18H23ClF2N6OS/c1-10(2)27(11(3)4)17-25-15(19)24-16(26-17)22-7-8-29-18(28)23-14-6-5-12(20)9-13(14)21/h5-6,9-11H,7-8H2,1-4H3,(H,23,28)(H,22,24,25,26). The van der Waals surface area contributed by atoms with Gasteiger partial charge in [-0.25, -0.2) is 8.78 Å². The van der Waals surface area contributed by atoms with Gasteiger partial charge in [-0.1, -0.05) is 11.8 Å². The number of carbonyl (C=O) groups is 1. The van der Waals surface area contributed by atoms with Crippen molar-refractivity contribution in [2.45, 2.75) is 39.8 Å². The van der Waals surface area contributed by atoms with Gasteiger partial charge in [-0.15, -0.1) is 0 Å². The molecule has 2 rings (SSSR count). The number of nitrogens with zero attached hydrogens (tertiary/aromatic N) is 4. The summed E-state index contributed by atoms with van der Waals surface area (Å²) in [4.78, 5) is 26.6. The summed E-state index contributed by atoms with van der Waals surface area (Å²) >= 11 is 6.96. The molecule has 0 atom stereocenters. The van der Waals surface area contributed by atoms with E-state index >= 15 is 0 Å². The predicted octanol–water partition coefficient (Wildman–Crippen LogP) is 4.80. The maximum atomic E-state index is 13.6. The Morgan fingerprint density at radius 1 is 1.17 bits per heavy atom. The van der Waals surface area contributed by atoms with Crippen molar-refractivity contribution >= 4 is 46.2 Å². The second kappa shape index (κ2) is 10.5. The van der Waals surface area contributed by atoms with Gasteiger partial charge in [0.25, 0.3) is 5.24 Å². The summed E-state index contributed by atoms with van der Waals surface area (Å²) in [5.74, 6) is -0.400. The molecule has 29 heavy (non-hydrogen) atoms. The number of anilines is 3. The summed E-state index contributed by atoms with van der Waals surface area (Å²) in [7, 11) is 0. The number of carbonyl (C=O) groups excluding carboxylic acids is 1. The van der Waals surface area contributed by atoms with Crippen LogP contribution in [0.3, 0.4) is 0 Å². The fourth-order valence-electron chi connectivity index (χ4n) is 2.64. The fourth-order valence-corrected chi connectivity index (χ4v) is 3.36. The van der Waals surface area contributed by atoms with Crippen LogP contribution in [0.25, 0.3) is 0 Å².